The van der Waals surface area contributed by atoms with Crippen LogP contribution in [0.2, 0.25) is 0 Å². The largest absolute Gasteiger partial charge is 0.308 e. The van der Waals surface area contributed by atoms with Gasteiger partial charge < -0.3 is 4.57 Å². The molecule has 9 heteroatoms. The van der Waals surface area contributed by atoms with E-state index in [9.17, 15) is 21.0 Å². The van der Waals surface area contributed by atoms with Crippen molar-refractivity contribution in [3.8, 4) is 97.5 Å². The first-order valence-electron chi connectivity index (χ1n) is 19.9. The van der Waals surface area contributed by atoms with Crippen LogP contribution in [0.3, 0.4) is 0 Å². The third kappa shape index (κ3) is 7.07. The minimum atomic E-state index is 0.387. The Kier molecular flexibility index (Phi) is 9.52. The highest BCUT2D eigenvalue weighted by molar-refractivity contribution is 6.11. The monoisotopic (exact) mass is 803 g/mol. The number of aromatic nitrogens is 5. The summed E-state index contributed by atoms with van der Waals surface area (Å²) in [5, 5.41) is 41.4. The Labute approximate surface area is 362 Å². The fourth-order valence-electron chi connectivity index (χ4n) is 8.05. The molecule has 0 radical (unpaired) electrons. The predicted octanol–water partition coefficient (Wildman–Crippen LogP) is 11.9. The van der Waals surface area contributed by atoms with Crippen molar-refractivity contribution >= 4 is 21.8 Å². The SMILES string of the molecule is N#Cc1cc(C#N)cc(-c2ccc3c4ccc(-c5cc(C#N)cc(C#N)c5)cc4n(-c4ccc(-c5ccncc5)cc4-c4nc(-c5ccccc5)nc(-c5ccccc5)n4)c3c2)c1. The number of fused-ring (bicyclic) bond motifs is 3. The molecule has 290 valence electrons. The van der Waals surface area contributed by atoms with Gasteiger partial charge in [-0.05, 0) is 106 Å². The zero-order valence-corrected chi connectivity index (χ0v) is 33.3. The average molecular weight is 804 g/mol. The highest BCUT2D eigenvalue weighted by atomic mass is 15.1. The summed E-state index contributed by atoms with van der Waals surface area (Å²) in [6.45, 7) is 0. The van der Waals surface area contributed by atoms with Crippen LogP contribution < -0.4 is 0 Å². The summed E-state index contributed by atoms with van der Waals surface area (Å²) >= 11 is 0. The Bertz CT molecular complexity index is 3350. The molecule has 0 aliphatic carbocycles. The van der Waals surface area contributed by atoms with E-state index in [0.717, 1.165) is 77.6 Å². The van der Waals surface area contributed by atoms with E-state index in [-0.39, 0.29) is 0 Å². The van der Waals surface area contributed by atoms with Gasteiger partial charge in [0.2, 0.25) is 0 Å². The summed E-state index contributed by atoms with van der Waals surface area (Å²) in [5.74, 6) is 1.49. The summed E-state index contributed by atoms with van der Waals surface area (Å²) in [7, 11) is 0. The van der Waals surface area contributed by atoms with Crippen LogP contribution in [0, 0.1) is 45.3 Å². The number of rotatable bonds is 7. The molecular weight excluding hydrogens is 775 g/mol. The fourth-order valence-corrected chi connectivity index (χ4v) is 8.05. The molecule has 10 rings (SSSR count). The van der Waals surface area contributed by atoms with Gasteiger partial charge in [0.1, 0.15) is 0 Å². The molecule has 0 spiro atoms. The molecule has 3 aromatic heterocycles. The second-order valence-corrected chi connectivity index (χ2v) is 14.9. The van der Waals surface area contributed by atoms with Gasteiger partial charge in [-0.25, -0.2) is 15.0 Å². The molecule has 3 heterocycles. The van der Waals surface area contributed by atoms with E-state index in [1.807, 2.05) is 84.9 Å². The van der Waals surface area contributed by atoms with Crippen LogP contribution in [0.5, 0.6) is 0 Å². The van der Waals surface area contributed by atoms with Crippen molar-refractivity contribution in [2.45, 2.75) is 0 Å². The quantitative estimate of drug-likeness (QED) is 0.154. The normalized spacial score (nSPS) is 10.8. The molecule has 9 nitrogen and oxygen atoms in total. The number of benzene rings is 7. The Morgan fingerprint density at radius 1 is 0.349 bits per heavy atom. The van der Waals surface area contributed by atoms with E-state index >= 15 is 0 Å². The number of hydrogen-bond acceptors (Lipinski definition) is 8. The summed E-state index contributed by atoms with van der Waals surface area (Å²) in [6.07, 6.45) is 3.53. The van der Waals surface area contributed by atoms with Gasteiger partial charge in [-0.1, -0.05) is 91.0 Å². The number of nitrogens with zero attached hydrogens (tertiary/aromatic N) is 9. The van der Waals surface area contributed by atoms with E-state index < -0.39 is 0 Å². The molecule has 0 aliphatic rings. The van der Waals surface area contributed by atoms with E-state index in [1.165, 1.54) is 0 Å². The van der Waals surface area contributed by atoms with Gasteiger partial charge in [0.25, 0.3) is 0 Å². The summed E-state index contributed by atoms with van der Waals surface area (Å²) in [4.78, 5) is 19.7. The van der Waals surface area contributed by atoms with E-state index in [1.54, 1.807) is 48.8 Å². The molecule has 0 atom stereocenters. The Hall–Kier alpha value is -9.54. The summed E-state index contributed by atoms with van der Waals surface area (Å²) < 4.78 is 2.19. The maximum absolute atomic E-state index is 9.88. The third-order valence-electron chi connectivity index (χ3n) is 11.0. The van der Waals surface area contributed by atoms with Crippen molar-refractivity contribution in [3.63, 3.8) is 0 Å². The maximum Gasteiger partial charge on any atom is 0.166 e. The summed E-state index contributed by atoms with van der Waals surface area (Å²) in [5.41, 5.74) is 11.4. The first-order valence-corrected chi connectivity index (χ1v) is 19.9. The van der Waals surface area contributed by atoms with Crippen molar-refractivity contribution in [2.24, 2.45) is 0 Å². The molecule has 0 aliphatic heterocycles. The van der Waals surface area contributed by atoms with E-state index in [4.69, 9.17) is 15.0 Å². The molecule has 0 saturated carbocycles. The van der Waals surface area contributed by atoms with Crippen LogP contribution in [0.1, 0.15) is 22.3 Å². The van der Waals surface area contributed by atoms with Gasteiger partial charge in [-0.2, -0.15) is 21.0 Å². The van der Waals surface area contributed by atoms with Gasteiger partial charge in [0, 0.05) is 39.9 Å². The standard InChI is InChI=1S/C54H29N9/c55-30-34-21-35(31-56)24-44(23-34)42-11-14-46-47-15-12-43(45-25-36(32-57)22-37(26-45)33-58)29-51(47)63(50(46)28-42)49-16-13-41(38-17-19-59-20-18-38)27-48(49)54-61-52(39-7-3-1-4-8-39)60-53(62-54)40-9-5-2-6-10-40/h1-29H. The van der Waals surface area contributed by atoms with Gasteiger partial charge in [0.05, 0.1) is 63.3 Å². The molecule has 0 amide bonds. The van der Waals surface area contributed by atoms with Gasteiger partial charge >= 0.3 is 0 Å². The van der Waals surface area contributed by atoms with Crippen LogP contribution in [-0.2, 0) is 0 Å². The van der Waals surface area contributed by atoms with Crippen LogP contribution in [0.25, 0.3) is 95.0 Å². The molecule has 0 fully saturated rings. The number of nitriles is 4. The van der Waals surface area contributed by atoms with Crippen LogP contribution >= 0.6 is 0 Å². The Balaban J connectivity index is 1.31. The van der Waals surface area contributed by atoms with E-state index in [0.29, 0.717) is 39.7 Å². The molecule has 7 aromatic carbocycles. The molecule has 63 heavy (non-hydrogen) atoms. The predicted molar refractivity (Wildman–Crippen MR) is 243 cm³/mol. The zero-order chi connectivity index (χ0) is 42.9. The third-order valence-corrected chi connectivity index (χ3v) is 11.0. The van der Waals surface area contributed by atoms with Crippen LogP contribution in [0.4, 0.5) is 0 Å². The smallest absolute Gasteiger partial charge is 0.166 e. The Morgan fingerprint density at radius 2 is 0.778 bits per heavy atom. The molecule has 0 unspecified atom stereocenters. The van der Waals surface area contributed by atoms with Crippen molar-refractivity contribution < 1.29 is 0 Å². The fraction of sp³-hybridized carbons (Fsp3) is 0. The minimum absolute atomic E-state index is 0.387. The Morgan fingerprint density at radius 3 is 1.24 bits per heavy atom. The lowest BCUT2D eigenvalue weighted by atomic mass is 9.98. The zero-order valence-electron chi connectivity index (χ0n) is 33.3. The number of hydrogen-bond donors (Lipinski definition) is 0. The van der Waals surface area contributed by atoms with Crippen molar-refractivity contribution in [2.75, 3.05) is 0 Å². The topological polar surface area (TPSA) is 152 Å². The van der Waals surface area contributed by atoms with Crippen LogP contribution in [0.15, 0.2) is 176 Å². The number of pyridine rings is 1. The van der Waals surface area contributed by atoms with Crippen molar-refractivity contribution in [1.82, 2.24) is 24.5 Å². The van der Waals surface area contributed by atoms with Gasteiger partial charge in [-0.3, -0.25) is 4.98 Å². The first-order chi connectivity index (χ1) is 31.0. The lowest BCUT2D eigenvalue weighted by Gasteiger charge is -2.17. The summed E-state index contributed by atoms with van der Waals surface area (Å²) in [6, 6.07) is 61.3. The lowest BCUT2D eigenvalue weighted by molar-refractivity contribution is 1.06. The molecule has 0 bridgehead atoms. The minimum Gasteiger partial charge on any atom is -0.308 e. The first kappa shape index (κ1) is 37.7. The average Bonchev–Trinajstić information content (AvgIpc) is 3.69. The van der Waals surface area contributed by atoms with Crippen molar-refractivity contribution in [1.29, 1.82) is 21.0 Å². The van der Waals surface area contributed by atoms with Crippen molar-refractivity contribution in [3.05, 3.63) is 198 Å². The molecule has 0 saturated heterocycles. The maximum atomic E-state index is 9.88. The van der Waals surface area contributed by atoms with E-state index in [2.05, 4.69) is 76.3 Å². The van der Waals surface area contributed by atoms with Gasteiger partial charge in [-0.15, -0.1) is 0 Å². The second-order valence-electron chi connectivity index (χ2n) is 14.9. The highest BCUT2D eigenvalue weighted by Crippen LogP contribution is 2.41. The molecular formula is C54H29N9. The molecule has 0 N–H and O–H groups in total. The highest BCUT2D eigenvalue weighted by Gasteiger charge is 2.22. The lowest BCUT2D eigenvalue weighted by Crippen LogP contribution is -2.04. The molecule has 10 aromatic rings. The van der Waals surface area contributed by atoms with Crippen LogP contribution in [-0.4, -0.2) is 24.5 Å². The van der Waals surface area contributed by atoms with Gasteiger partial charge in [0.15, 0.2) is 17.5 Å². The second kappa shape index (κ2) is 15.9.